The topological polar surface area (TPSA) is 112 Å². The van der Waals surface area contributed by atoms with Gasteiger partial charge in [-0.15, -0.1) is 0 Å². The van der Waals surface area contributed by atoms with E-state index in [-0.39, 0.29) is 41.0 Å². The van der Waals surface area contributed by atoms with Crippen LogP contribution in [0.4, 0.5) is 8.78 Å². The maximum Gasteiger partial charge on any atom is 0.269 e. The van der Waals surface area contributed by atoms with Crippen molar-refractivity contribution < 1.29 is 18.3 Å². The van der Waals surface area contributed by atoms with Crippen LogP contribution in [0.3, 0.4) is 0 Å². The van der Waals surface area contributed by atoms with Crippen LogP contribution in [0.5, 0.6) is 5.75 Å². The number of hydrogen-bond acceptors (Lipinski definition) is 6. The van der Waals surface area contributed by atoms with E-state index in [4.69, 9.17) is 10.5 Å². The van der Waals surface area contributed by atoms with E-state index < -0.39 is 17.5 Å². The smallest absolute Gasteiger partial charge is 0.269 e. The van der Waals surface area contributed by atoms with Crippen molar-refractivity contribution in [3.8, 4) is 5.75 Å². The molecule has 3 N–H and O–H groups in total. The van der Waals surface area contributed by atoms with Gasteiger partial charge in [-0.2, -0.15) is 0 Å². The molecule has 0 aliphatic rings. The Hall–Kier alpha value is -3.18. The van der Waals surface area contributed by atoms with E-state index in [1.54, 1.807) is 25.4 Å². The Morgan fingerprint density at radius 2 is 1.94 bits per heavy atom. The minimum atomic E-state index is -0.724. The lowest BCUT2D eigenvalue weighted by atomic mass is 10.2. The van der Waals surface area contributed by atoms with Crippen LogP contribution in [0.1, 0.15) is 22.6 Å². The van der Waals surface area contributed by atoms with Crippen LogP contribution in [0.25, 0.3) is 0 Å². The number of nitrogens with zero attached hydrogens (tertiary/aromatic N) is 3. The van der Waals surface area contributed by atoms with Gasteiger partial charge in [0.1, 0.15) is 28.5 Å². The Morgan fingerprint density at radius 1 is 1.22 bits per heavy atom. The fourth-order valence-corrected chi connectivity index (χ4v) is 3.28. The second kappa shape index (κ2) is 10.4. The lowest BCUT2D eigenvalue weighted by Crippen LogP contribution is -2.28. The van der Waals surface area contributed by atoms with Crippen molar-refractivity contribution >= 4 is 21.8 Å². The minimum absolute atomic E-state index is 0.0360. The van der Waals surface area contributed by atoms with E-state index in [0.29, 0.717) is 23.6 Å². The fraction of sp³-hybridized carbons (Fsp3) is 0.238. The number of nitrogens with two attached hydrogens (primary N) is 1. The number of aryl methyl sites for hydroxylation is 1. The molecule has 3 aromatic rings. The van der Waals surface area contributed by atoms with Crippen LogP contribution < -0.4 is 21.3 Å². The maximum absolute atomic E-state index is 13.8. The zero-order valence-corrected chi connectivity index (χ0v) is 18.7. The van der Waals surface area contributed by atoms with Crippen LogP contribution in [0.2, 0.25) is 0 Å². The van der Waals surface area contributed by atoms with Crippen molar-refractivity contribution in [1.29, 1.82) is 0 Å². The van der Waals surface area contributed by atoms with E-state index in [0.717, 1.165) is 12.1 Å². The highest BCUT2D eigenvalue weighted by Gasteiger charge is 2.14. The third-order valence-electron chi connectivity index (χ3n) is 4.50. The number of aromatic nitrogens is 3. The van der Waals surface area contributed by atoms with Gasteiger partial charge in [-0.3, -0.25) is 19.6 Å². The molecule has 0 atom stereocenters. The summed E-state index contributed by atoms with van der Waals surface area (Å²) in [7, 11) is 0. The van der Waals surface area contributed by atoms with Gasteiger partial charge in [0.15, 0.2) is 0 Å². The molecule has 0 radical (unpaired) electrons. The van der Waals surface area contributed by atoms with Crippen molar-refractivity contribution in [3.05, 3.63) is 85.8 Å². The lowest BCUT2D eigenvalue weighted by Gasteiger charge is -2.14. The summed E-state index contributed by atoms with van der Waals surface area (Å²) in [6, 6.07) is 4.85. The molecule has 168 valence electrons. The van der Waals surface area contributed by atoms with Gasteiger partial charge in [0.2, 0.25) is 5.91 Å². The van der Waals surface area contributed by atoms with E-state index in [1.165, 1.54) is 10.6 Å². The maximum atomic E-state index is 13.8. The Bertz CT molecular complexity index is 1190. The average molecular weight is 508 g/mol. The molecular formula is C21H20BrF2N5O3. The molecule has 2 aromatic heterocycles. The van der Waals surface area contributed by atoms with Gasteiger partial charge in [0.05, 0.1) is 36.9 Å². The number of amides is 1. The molecule has 0 spiro atoms. The number of nitrogens with one attached hydrogen (secondary N) is 1. The first kappa shape index (κ1) is 23.5. The second-order valence-electron chi connectivity index (χ2n) is 6.95. The van der Waals surface area contributed by atoms with Crippen LogP contribution in [0, 0.1) is 18.6 Å². The van der Waals surface area contributed by atoms with Crippen molar-refractivity contribution in [2.75, 3.05) is 6.54 Å². The predicted octanol–water partition coefficient (Wildman–Crippen LogP) is 2.19. The highest BCUT2D eigenvalue weighted by molar-refractivity contribution is 9.10. The summed E-state index contributed by atoms with van der Waals surface area (Å²) in [6.07, 6.45) is 3.09. The number of hydrogen-bond donors (Lipinski definition) is 2. The molecule has 8 nitrogen and oxygen atoms in total. The minimum Gasteiger partial charge on any atom is -0.487 e. The predicted molar refractivity (Wildman–Crippen MR) is 116 cm³/mol. The van der Waals surface area contributed by atoms with E-state index in [1.807, 2.05) is 0 Å². The van der Waals surface area contributed by atoms with Gasteiger partial charge in [0, 0.05) is 29.9 Å². The Kier molecular flexibility index (Phi) is 7.65. The third-order valence-corrected chi connectivity index (χ3v) is 5.23. The zero-order valence-electron chi connectivity index (χ0n) is 17.1. The standard InChI is InChI=1S/C21H20BrF2N5O3/c1-12-4-18(32-11-13-2-3-14(23)5-17(13)24)20(22)21(31)29(12)10-16-8-27-15(7-28-16)6-26-9-19(25)30/h2-5,7-8,26H,6,9-11H2,1H3,(H2,25,30). The number of carbonyl (C=O) groups is 1. The number of ether oxygens (including phenoxy) is 1. The fourth-order valence-electron chi connectivity index (χ4n) is 2.84. The Morgan fingerprint density at radius 3 is 2.59 bits per heavy atom. The van der Waals surface area contributed by atoms with Crippen LogP contribution in [0.15, 0.2) is 45.9 Å². The van der Waals surface area contributed by atoms with E-state index in [9.17, 15) is 18.4 Å². The molecule has 1 aromatic carbocycles. The third kappa shape index (κ3) is 5.95. The van der Waals surface area contributed by atoms with Crippen molar-refractivity contribution in [1.82, 2.24) is 19.9 Å². The van der Waals surface area contributed by atoms with Crippen LogP contribution in [-0.4, -0.2) is 27.0 Å². The largest absolute Gasteiger partial charge is 0.487 e. The Balaban J connectivity index is 1.71. The number of rotatable bonds is 9. The number of primary amides is 1. The first-order chi connectivity index (χ1) is 15.2. The molecule has 2 heterocycles. The van der Waals surface area contributed by atoms with E-state index >= 15 is 0 Å². The van der Waals surface area contributed by atoms with Crippen LogP contribution >= 0.6 is 15.9 Å². The van der Waals surface area contributed by atoms with Gasteiger partial charge in [-0.1, -0.05) is 0 Å². The molecular weight excluding hydrogens is 488 g/mol. The molecule has 0 saturated carbocycles. The molecule has 0 unspecified atom stereocenters. The zero-order chi connectivity index (χ0) is 23.3. The number of benzene rings is 1. The summed E-state index contributed by atoms with van der Waals surface area (Å²) < 4.78 is 34.1. The molecule has 3 rings (SSSR count). The van der Waals surface area contributed by atoms with Gasteiger partial charge >= 0.3 is 0 Å². The number of halogens is 3. The molecule has 0 bridgehead atoms. The first-order valence-electron chi connectivity index (χ1n) is 9.50. The van der Waals surface area contributed by atoms with Gasteiger partial charge < -0.3 is 20.4 Å². The highest BCUT2D eigenvalue weighted by Crippen LogP contribution is 2.24. The molecule has 32 heavy (non-hydrogen) atoms. The van der Waals surface area contributed by atoms with Crippen molar-refractivity contribution in [3.63, 3.8) is 0 Å². The monoisotopic (exact) mass is 507 g/mol. The first-order valence-corrected chi connectivity index (χ1v) is 10.3. The molecule has 0 aliphatic heterocycles. The van der Waals surface area contributed by atoms with Crippen molar-refractivity contribution in [2.45, 2.75) is 26.6 Å². The summed E-state index contributed by atoms with van der Waals surface area (Å²) >= 11 is 3.24. The molecule has 0 fully saturated rings. The van der Waals surface area contributed by atoms with E-state index in [2.05, 4.69) is 31.2 Å². The second-order valence-corrected chi connectivity index (χ2v) is 7.74. The van der Waals surface area contributed by atoms with Gasteiger partial charge in [-0.05, 0) is 35.0 Å². The molecule has 1 amide bonds. The van der Waals surface area contributed by atoms with Crippen molar-refractivity contribution in [2.24, 2.45) is 5.73 Å². The molecule has 11 heteroatoms. The number of pyridine rings is 1. The Labute approximate surface area is 190 Å². The quantitative estimate of drug-likeness (QED) is 0.459. The summed E-state index contributed by atoms with van der Waals surface area (Å²) in [5.41, 5.74) is 6.66. The lowest BCUT2D eigenvalue weighted by molar-refractivity contribution is -0.117. The summed E-state index contributed by atoms with van der Waals surface area (Å²) in [6.45, 7) is 2.12. The average Bonchev–Trinajstić information content (AvgIpc) is 2.74. The van der Waals surface area contributed by atoms with Gasteiger partial charge in [0.25, 0.3) is 5.56 Å². The van der Waals surface area contributed by atoms with Gasteiger partial charge in [-0.25, -0.2) is 8.78 Å². The normalized spacial score (nSPS) is 10.9. The molecule has 0 saturated heterocycles. The summed E-state index contributed by atoms with van der Waals surface area (Å²) in [5, 5.41) is 2.84. The molecule has 0 aliphatic carbocycles. The SMILES string of the molecule is Cc1cc(OCc2ccc(F)cc2F)c(Br)c(=O)n1Cc1cnc(CNCC(N)=O)cn1. The summed E-state index contributed by atoms with van der Waals surface area (Å²) in [5.74, 6) is -1.62. The summed E-state index contributed by atoms with van der Waals surface area (Å²) in [4.78, 5) is 32.1. The highest BCUT2D eigenvalue weighted by atomic mass is 79.9. The number of carbonyl (C=O) groups excluding carboxylic acids is 1. The van der Waals surface area contributed by atoms with Crippen LogP contribution in [-0.2, 0) is 24.5 Å².